The average Bonchev–Trinajstić information content (AvgIpc) is 2.61. The number of piperidine rings is 1. The third kappa shape index (κ3) is 5.97. The summed E-state index contributed by atoms with van der Waals surface area (Å²) in [6, 6.07) is 3.55. The normalized spacial score (nSPS) is 16.7. The van der Waals surface area contributed by atoms with E-state index in [0.717, 1.165) is 38.9 Å². The Morgan fingerprint density at radius 2 is 2.00 bits per heavy atom. The lowest BCUT2D eigenvalue weighted by Crippen LogP contribution is -2.40. The molecule has 1 aliphatic rings. The second-order valence-corrected chi connectivity index (χ2v) is 7.46. The predicted molar refractivity (Wildman–Crippen MR) is 98.0 cm³/mol. The van der Waals surface area contributed by atoms with E-state index >= 15 is 0 Å². The SMILES string of the molecule is COC(C)(C)CCN1CCC(Oc2ccc(C(=O)N(C)C)cn2)CC1. The van der Waals surface area contributed by atoms with Crippen LogP contribution in [0.3, 0.4) is 0 Å². The molecule has 2 rings (SSSR count). The second kappa shape index (κ2) is 8.63. The Morgan fingerprint density at radius 3 is 2.52 bits per heavy atom. The van der Waals surface area contributed by atoms with E-state index in [9.17, 15) is 4.79 Å². The molecule has 1 amide bonds. The van der Waals surface area contributed by atoms with Gasteiger partial charge in [0.15, 0.2) is 0 Å². The van der Waals surface area contributed by atoms with Gasteiger partial charge in [0.25, 0.3) is 5.91 Å². The number of carbonyl (C=O) groups is 1. The molecule has 0 aliphatic carbocycles. The van der Waals surface area contributed by atoms with Gasteiger partial charge in [-0.3, -0.25) is 4.79 Å². The molecule has 0 spiro atoms. The van der Waals surface area contributed by atoms with Gasteiger partial charge in [-0.15, -0.1) is 0 Å². The largest absolute Gasteiger partial charge is 0.474 e. The van der Waals surface area contributed by atoms with E-state index in [1.165, 1.54) is 4.90 Å². The van der Waals surface area contributed by atoms with E-state index in [0.29, 0.717) is 11.4 Å². The molecule has 25 heavy (non-hydrogen) atoms. The van der Waals surface area contributed by atoms with Gasteiger partial charge in [0, 0.05) is 53.1 Å². The van der Waals surface area contributed by atoms with Crippen LogP contribution in [-0.2, 0) is 4.74 Å². The lowest BCUT2D eigenvalue weighted by Gasteiger charge is -2.34. The fourth-order valence-electron chi connectivity index (χ4n) is 2.79. The van der Waals surface area contributed by atoms with Crippen LogP contribution < -0.4 is 4.74 Å². The standard InChI is InChI=1S/C19H31N3O3/c1-19(2,24-5)10-13-22-11-8-16(9-12-22)25-17-7-6-15(14-20-17)18(23)21(3)4/h6-7,14,16H,8-13H2,1-5H3. The van der Waals surface area contributed by atoms with Gasteiger partial charge in [0.1, 0.15) is 6.10 Å². The molecule has 1 aromatic heterocycles. The number of ether oxygens (including phenoxy) is 2. The van der Waals surface area contributed by atoms with Gasteiger partial charge in [0.2, 0.25) is 5.88 Å². The molecule has 0 unspecified atom stereocenters. The van der Waals surface area contributed by atoms with Crippen LogP contribution in [0.2, 0.25) is 0 Å². The molecule has 6 nitrogen and oxygen atoms in total. The molecule has 2 heterocycles. The molecular weight excluding hydrogens is 318 g/mol. The smallest absolute Gasteiger partial charge is 0.254 e. The van der Waals surface area contributed by atoms with Gasteiger partial charge in [-0.25, -0.2) is 4.98 Å². The molecule has 0 atom stereocenters. The number of likely N-dealkylation sites (tertiary alicyclic amines) is 1. The Bertz CT molecular complexity index is 550. The van der Waals surface area contributed by atoms with Crippen LogP contribution in [0.15, 0.2) is 18.3 Å². The fraction of sp³-hybridized carbons (Fsp3) is 0.684. The summed E-state index contributed by atoms with van der Waals surface area (Å²) < 4.78 is 11.5. The van der Waals surface area contributed by atoms with Crippen LogP contribution in [0, 0.1) is 0 Å². The first-order chi connectivity index (χ1) is 11.8. The Balaban J connectivity index is 1.77. The zero-order chi connectivity index (χ0) is 18.4. The second-order valence-electron chi connectivity index (χ2n) is 7.46. The third-order valence-corrected chi connectivity index (χ3v) is 4.79. The zero-order valence-corrected chi connectivity index (χ0v) is 16.1. The van der Waals surface area contributed by atoms with Gasteiger partial charge in [-0.05, 0) is 39.2 Å². The number of rotatable bonds is 7. The molecular formula is C19H31N3O3. The maximum absolute atomic E-state index is 11.9. The third-order valence-electron chi connectivity index (χ3n) is 4.79. The number of hydrogen-bond acceptors (Lipinski definition) is 5. The molecule has 0 bridgehead atoms. The average molecular weight is 349 g/mol. The van der Waals surface area contributed by atoms with E-state index in [4.69, 9.17) is 9.47 Å². The van der Waals surface area contributed by atoms with Crippen molar-refractivity contribution in [3.63, 3.8) is 0 Å². The summed E-state index contributed by atoms with van der Waals surface area (Å²) in [7, 11) is 5.23. The van der Waals surface area contributed by atoms with Crippen molar-refractivity contribution in [2.45, 2.75) is 44.8 Å². The fourth-order valence-corrected chi connectivity index (χ4v) is 2.79. The number of carbonyl (C=O) groups excluding carboxylic acids is 1. The summed E-state index contributed by atoms with van der Waals surface area (Å²) in [5.74, 6) is 0.542. The topological polar surface area (TPSA) is 54.9 Å². The van der Waals surface area contributed by atoms with Gasteiger partial charge >= 0.3 is 0 Å². The lowest BCUT2D eigenvalue weighted by molar-refractivity contribution is 0.00241. The minimum atomic E-state index is -0.0665. The molecule has 1 aromatic rings. The van der Waals surface area contributed by atoms with Crippen molar-refractivity contribution in [3.05, 3.63) is 23.9 Å². The molecule has 0 saturated carbocycles. The Morgan fingerprint density at radius 1 is 1.32 bits per heavy atom. The molecule has 6 heteroatoms. The van der Waals surface area contributed by atoms with E-state index in [-0.39, 0.29) is 17.6 Å². The minimum Gasteiger partial charge on any atom is -0.474 e. The number of nitrogens with zero attached hydrogens (tertiary/aromatic N) is 3. The minimum absolute atomic E-state index is 0.0497. The predicted octanol–water partition coefficient (Wildman–Crippen LogP) is 2.44. The van der Waals surface area contributed by atoms with Crippen LogP contribution in [0.25, 0.3) is 0 Å². The van der Waals surface area contributed by atoms with Crippen molar-refractivity contribution in [1.29, 1.82) is 0 Å². The Hall–Kier alpha value is -1.66. The number of aromatic nitrogens is 1. The summed E-state index contributed by atoms with van der Waals surface area (Å²) in [6.07, 6.45) is 4.79. The monoisotopic (exact) mass is 349 g/mol. The van der Waals surface area contributed by atoms with E-state index in [1.54, 1.807) is 39.5 Å². The first-order valence-electron chi connectivity index (χ1n) is 8.92. The molecule has 1 saturated heterocycles. The highest BCUT2D eigenvalue weighted by molar-refractivity contribution is 5.93. The van der Waals surface area contributed by atoms with E-state index < -0.39 is 0 Å². The Labute approximate surface area is 151 Å². The van der Waals surface area contributed by atoms with Crippen molar-refractivity contribution in [3.8, 4) is 5.88 Å². The van der Waals surface area contributed by atoms with Crippen LogP contribution in [0.4, 0.5) is 0 Å². The summed E-state index contributed by atoms with van der Waals surface area (Å²) in [4.78, 5) is 20.1. The highest BCUT2D eigenvalue weighted by Gasteiger charge is 2.23. The van der Waals surface area contributed by atoms with Crippen LogP contribution in [0.5, 0.6) is 5.88 Å². The van der Waals surface area contributed by atoms with Crippen molar-refractivity contribution >= 4 is 5.91 Å². The maximum atomic E-state index is 11.9. The summed E-state index contributed by atoms with van der Waals surface area (Å²) in [5.41, 5.74) is 0.510. The van der Waals surface area contributed by atoms with Gasteiger partial charge in [-0.1, -0.05) is 0 Å². The van der Waals surface area contributed by atoms with E-state index in [1.807, 2.05) is 0 Å². The molecule has 0 aromatic carbocycles. The van der Waals surface area contributed by atoms with Crippen LogP contribution in [-0.4, -0.2) is 73.2 Å². The van der Waals surface area contributed by atoms with Crippen molar-refractivity contribution < 1.29 is 14.3 Å². The molecule has 1 aliphatic heterocycles. The molecule has 0 N–H and O–H groups in total. The van der Waals surface area contributed by atoms with Crippen LogP contribution in [0.1, 0.15) is 43.5 Å². The summed E-state index contributed by atoms with van der Waals surface area (Å²) >= 11 is 0. The summed E-state index contributed by atoms with van der Waals surface area (Å²) in [6.45, 7) is 7.36. The van der Waals surface area contributed by atoms with Crippen molar-refractivity contribution in [2.24, 2.45) is 0 Å². The maximum Gasteiger partial charge on any atom is 0.254 e. The highest BCUT2D eigenvalue weighted by atomic mass is 16.5. The number of pyridine rings is 1. The van der Waals surface area contributed by atoms with Crippen LogP contribution >= 0.6 is 0 Å². The van der Waals surface area contributed by atoms with Gasteiger partial charge in [0.05, 0.1) is 11.2 Å². The molecule has 140 valence electrons. The molecule has 0 radical (unpaired) electrons. The highest BCUT2D eigenvalue weighted by Crippen LogP contribution is 2.20. The first-order valence-corrected chi connectivity index (χ1v) is 8.92. The lowest BCUT2D eigenvalue weighted by atomic mass is 10.0. The van der Waals surface area contributed by atoms with Crippen molar-refractivity contribution in [1.82, 2.24) is 14.8 Å². The van der Waals surface area contributed by atoms with Crippen molar-refractivity contribution in [2.75, 3.05) is 40.8 Å². The number of hydrogen-bond donors (Lipinski definition) is 0. The number of methoxy groups -OCH3 is 1. The summed E-state index contributed by atoms with van der Waals surface area (Å²) in [5, 5.41) is 0. The quantitative estimate of drug-likeness (QED) is 0.757. The van der Waals surface area contributed by atoms with Gasteiger partial charge in [-0.2, -0.15) is 0 Å². The molecule has 1 fully saturated rings. The van der Waals surface area contributed by atoms with E-state index in [2.05, 4.69) is 23.7 Å². The van der Waals surface area contributed by atoms with Gasteiger partial charge < -0.3 is 19.3 Å². The first kappa shape index (κ1) is 19.7. The Kier molecular flexibility index (Phi) is 6.79. The zero-order valence-electron chi connectivity index (χ0n) is 16.1. The number of amides is 1.